The van der Waals surface area contributed by atoms with Gasteiger partial charge in [0.2, 0.25) is 22.6 Å². The molecule has 0 bridgehead atoms. The number of aromatic nitrogens is 6. The highest BCUT2D eigenvalue weighted by atomic mass is 32.2. The molecule has 0 saturated heterocycles. The number of thioether (sulfide) groups is 1. The Kier molecular flexibility index (Phi) is 7.24. The second-order valence-electron chi connectivity index (χ2n) is 5.13. The molecule has 3 aromatic heterocycles. The van der Waals surface area contributed by atoms with Gasteiger partial charge in [-0.3, -0.25) is 19.6 Å². The van der Waals surface area contributed by atoms with E-state index in [0.717, 1.165) is 34.4 Å². The third-order valence-corrected chi connectivity index (χ3v) is 5.95. The Morgan fingerprint density at radius 3 is 2.48 bits per heavy atom. The van der Waals surface area contributed by atoms with Crippen LogP contribution < -0.4 is 10.6 Å². The maximum Gasteiger partial charge on any atom is 0.247 e. The van der Waals surface area contributed by atoms with Gasteiger partial charge in [0.25, 0.3) is 0 Å². The van der Waals surface area contributed by atoms with Crippen molar-refractivity contribution in [3.05, 3.63) is 28.5 Å². The molecule has 2 N–H and O–H groups in total. The van der Waals surface area contributed by atoms with Crippen LogP contribution in [0.5, 0.6) is 0 Å². The highest BCUT2D eigenvalue weighted by molar-refractivity contribution is 7.99. The van der Waals surface area contributed by atoms with E-state index in [1.54, 1.807) is 34.9 Å². The van der Waals surface area contributed by atoms with E-state index in [1.165, 1.54) is 22.7 Å². The normalized spacial score (nSPS) is 10.7. The standard InChI is InChI=1S/C14H16N8O2S3/c23-9-15-13-20-18-11(26-13)2-6-25-7-3-12-19-21-14(27-12)17-10(24)8-22-5-1-4-16-22/h1,4-5,9H,2-3,6-8H2,(H,15,20,23)(H,17,21,24). The van der Waals surface area contributed by atoms with Crippen LogP contribution >= 0.6 is 34.4 Å². The molecule has 0 aliphatic heterocycles. The number of carbonyl (C=O) groups excluding carboxylic acids is 2. The molecule has 10 nitrogen and oxygen atoms in total. The summed E-state index contributed by atoms with van der Waals surface area (Å²) in [6.07, 6.45) is 5.53. The molecule has 27 heavy (non-hydrogen) atoms. The predicted molar refractivity (Wildman–Crippen MR) is 105 cm³/mol. The van der Waals surface area contributed by atoms with Gasteiger partial charge in [0.1, 0.15) is 16.6 Å². The van der Waals surface area contributed by atoms with Gasteiger partial charge >= 0.3 is 0 Å². The first-order chi connectivity index (χ1) is 13.2. The Morgan fingerprint density at radius 2 is 1.81 bits per heavy atom. The molecule has 142 valence electrons. The summed E-state index contributed by atoms with van der Waals surface area (Å²) >= 11 is 4.54. The van der Waals surface area contributed by atoms with Crippen LogP contribution in [0, 0.1) is 0 Å². The molecule has 3 heterocycles. The summed E-state index contributed by atoms with van der Waals surface area (Å²) < 4.78 is 1.55. The van der Waals surface area contributed by atoms with Gasteiger partial charge in [-0.25, -0.2) is 0 Å². The lowest BCUT2D eigenvalue weighted by molar-refractivity contribution is -0.117. The molecular formula is C14H16N8O2S3. The van der Waals surface area contributed by atoms with Crippen molar-refractivity contribution in [2.75, 3.05) is 22.1 Å². The molecule has 0 atom stereocenters. The molecule has 3 aromatic rings. The van der Waals surface area contributed by atoms with Gasteiger partial charge in [0.05, 0.1) is 0 Å². The van der Waals surface area contributed by atoms with Gasteiger partial charge in [-0.05, 0) is 17.6 Å². The first-order valence-corrected chi connectivity index (χ1v) is 10.7. The predicted octanol–water partition coefficient (Wildman–Crippen LogP) is 1.31. The molecule has 0 radical (unpaired) electrons. The Hall–Kier alpha value is -2.38. The molecule has 0 spiro atoms. The fourth-order valence-electron chi connectivity index (χ4n) is 1.99. The number of rotatable bonds is 11. The van der Waals surface area contributed by atoms with Crippen molar-refractivity contribution < 1.29 is 9.59 Å². The lowest BCUT2D eigenvalue weighted by atomic mass is 10.5. The van der Waals surface area contributed by atoms with Crippen LogP contribution in [0.25, 0.3) is 0 Å². The van der Waals surface area contributed by atoms with Crippen molar-refractivity contribution in [1.82, 2.24) is 30.2 Å². The summed E-state index contributed by atoms with van der Waals surface area (Å²) in [6, 6.07) is 1.76. The molecule has 13 heteroatoms. The SMILES string of the molecule is O=CNc1nnc(CCSCCc2nnc(NC(=O)Cn3cccn3)s2)s1. The maximum atomic E-state index is 11.9. The maximum absolute atomic E-state index is 11.9. The molecule has 0 unspecified atom stereocenters. The molecule has 0 aromatic carbocycles. The van der Waals surface area contributed by atoms with E-state index in [4.69, 9.17) is 0 Å². The van der Waals surface area contributed by atoms with Crippen molar-refractivity contribution in [2.24, 2.45) is 0 Å². The van der Waals surface area contributed by atoms with Crippen LogP contribution in [-0.2, 0) is 29.0 Å². The average Bonchev–Trinajstić information content (AvgIpc) is 3.38. The first-order valence-electron chi connectivity index (χ1n) is 7.93. The topological polar surface area (TPSA) is 128 Å². The molecular weight excluding hydrogens is 408 g/mol. The summed E-state index contributed by atoms with van der Waals surface area (Å²) in [5.41, 5.74) is 0. The van der Waals surface area contributed by atoms with Crippen LogP contribution in [0.1, 0.15) is 10.0 Å². The fraction of sp³-hybridized carbons (Fsp3) is 0.357. The number of nitrogens with one attached hydrogen (secondary N) is 2. The molecule has 0 aliphatic carbocycles. The molecule has 0 fully saturated rings. The van der Waals surface area contributed by atoms with E-state index < -0.39 is 0 Å². The molecule has 3 rings (SSSR count). The van der Waals surface area contributed by atoms with E-state index in [2.05, 4.69) is 36.1 Å². The van der Waals surface area contributed by atoms with Gasteiger partial charge in [-0.15, -0.1) is 20.4 Å². The van der Waals surface area contributed by atoms with E-state index in [1.807, 2.05) is 0 Å². The van der Waals surface area contributed by atoms with E-state index in [0.29, 0.717) is 16.7 Å². The molecule has 2 amide bonds. The highest BCUT2D eigenvalue weighted by Gasteiger charge is 2.09. The smallest absolute Gasteiger partial charge is 0.247 e. The van der Waals surface area contributed by atoms with Crippen LogP contribution in [0.3, 0.4) is 0 Å². The third kappa shape index (κ3) is 6.37. The minimum atomic E-state index is -0.184. The van der Waals surface area contributed by atoms with Crippen LogP contribution in [-0.4, -0.2) is 54.0 Å². The van der Waals surface area contributed by atoms with E-state index in [-0.39, 0.29) is 12.5 Å². The zero-order chi connectivity index (χ0) is 18.9. The van der Waals surface area contributed by atoms with Gasteiger partial charge in [0.15, 0.2) is 0 Å². The van der Waals surface area contributed by atoms with Crippen LogP contribution in [0.15, 0.2) is 18.5 Å². The number of aryl methyl sites for hydroxylation is 2. The quantitative estimate of drug-likeness (QED) is 0.348. The summed E-state index contributed by atoms with van der Waals surface area (Å²) in [7, 11) is 0. The monoisotopic (exact) mass is 424 g/mol. The largest absolute Gasteiger partial charge is 0.303 e. The second-order valence-corrected chi connectivity index (χ2v) is 8.48. The summed E-state index contributed by atoms with van der Waals surface area (Å²) in [5.74, 6) is 1.62. The number of nitrogens with zero attached hydrogens (tertiary/aromatic N) is 6. The number of hydrogen-bond acceptors (Lipinski definition) is 10. The van der Waals surface area contributed by atoms with Crippen molar-refractivity contribution in [3.8, 4) is 0 Å². The van der Waals surface area contributed by atoms with Gasteiger partial charge in [0, 0.05) is 25.2 Å². The zero-order valence-corrected chi connectivity index (χ0v) is 16.5. The summed E-state index contributed by atoms with van der Waals surface area (Å²) in [4.78, 5) is 22.2. The number of anilines is 2. The highest BCUT2D eigenvalue weighted by Crippen LogP contribution is 2.19. The third-order valence-electron chi connectivity index (χ3n) is 3.15. The molecule has 0 aliphatic rings. The Morgan fingerprint density at radius 1 is 1.11 bits per heavy atom. The molecule has 0 saturated carbocycles. The van der Waals surface area contributed by atoms with Crippen molar-refractivity contribution in [3.63, 3.8) is 0 Å². The van der Waals surface area contributed by atoms with Crippen molar-refractivity contribution in [2.45, 2.75) is 19.4 Å². The zero-order valence-electron chi connectivity index (χ0n) is 14.1. The summed E-state index contributed by atoms with van der Waals surface area (Å²) in [5, 5.41) is 28.0. The van der Waals surface area contributed by atoms with Crippen LogP contribution in [0.4, 0.5) is 10.3 Å². The van der Waals surface area contributed by atoms with E-state index in [9.17, 15) is 9.59 Å². The minimum Gasteiger partial charge on any atom is -0.303 e. The van der Waals surface area contributed by atoms with Gasteiger partial charge < -0.3 is 5.32 Å². The lowest BCUT2D eigenvalue weighted by Gasteiger charge is -2.00. The van der Waals surface area contributed by atoms with Crippen LogP contribution in [0.2, 0.25) is 0 Å². The first kappa shape index (κ1) is 19.4. The Bertz CT molecular complexity index is 863. The van der Waals surface area contributed by atoms with Crippen molar-refractivity contribution >= 4 is 57.0 Å². The fourth-order valence-corrected chi connectivity index (χ4v) is 4.58. The number of carbonyl (C=O) groups is 2. The van der Waals surface area contributed by atoms with Gasteiger partial charge in [-0.2, -0.15) is 16.9 Å². The number of hydrogen-bond donors (Lipinski definition) is 2. The summed E-state index contributed by atoms with van der Waals surface area (Å²) in [6.45, 7) is 0.146. The number of amides is 2. The second kappa shape index (κ2) is 10.1. The Labute approximate surface area is 166 Å². The average molecular weight is 425 g/mol. The lowest BCUT2D eigenvalue weighted by Crippen LogP contribution is -2.18. The Balaban J connectivity index is 1.33. The van der Waals surface area contributed by atoms with E-state index >= 15 is 0 Å². The van der Waals surface area contributed by atoms with Crippen molar-refractivity contribution in [1.29, 1.82) is 0 Å². The minimum absolute atomic E-state index is 0.146. The van der Waals surface area contributed by atoms with Gasteiger partial charge in [-0.1, -0.05) is 22.7 Å².